The lowest BCUT2D eigenvalue weighted by Crippen LogP contribution is -2.44. The number of β-amino-alcohol motifs (C(OH)–C–C–N with tert-alkyl or cyclic N) is 1. The first kappa shape index (κ1) is 24.1. The van der Waals surface area contributed by atoms with Gasteiger partial charge in [-0.3, -0.25) is 9.69 Å². The Hall–Kier alpha value is -2.65. The van der Waals surface area contributed by atoms with Crippen molar-refractivity contribution in [1.82, 2.24) is 14.7 Å². The zero-order chi connectivity index (χ0) is 24.2. The Balaban J connectivity index is 1.16. The maximum absolute atomic E-state index is 13.2. The van der Waals surface area contributed by atoms with Crippen LogP contribution in [0.4, 0.5) is 0 Å². The summed E-state index contributed by atoms with van der Waals surface area (Å²) in [5, 5.41) is 10.8. The van der Waals surface area contributed by atoms with Gasteiger partial charge in [-0.2, -0.15) is 0 Å². The van der Waals surface area contributed by atoms with E-state index in [-0.39, 0.29) is 18.6 Å². The first-order valence-corrected chi connectivity index (χ1v) is 12.5. The van der Waals surface area contributed by atoms with Crippen molar-refractivity contribution in [2.45, 2.75) is 25.2 Å². The summed E-state index contributed by atoms with van der Waals surface area (Å²) in [4.78, 5) is 19.4. The lowest BCUT2D eigenvalue weighted by molar-refractivity contribution is -0.0403. The second-order valence-electron chi connectivity index (χ2n) is 9.73. The molecule has 0 aromatic heterocycles. The number of carbonyl (C=O) groups excluding carboxylic acids is 1. The van der Waals surface area contributed by atoms with Crippen molar-refractivity contribution in [2.24, 2.45) is 0 Å². The molecule has 3 aliphatic heterocycles. The summed E-state index contributed by atoms with van der Waals surface area (Å²) in [6.07, 6.45) is 0.392. The lowest BCUT2D eigenvalue weighted by Gasteiger charge is -2.32. The zero-order valence-corrected chi connectivity index (χ0v) is 20.4. The number of morpholine rings is 1. The molecule has 3 heterocycles. The molecular formula is C27H35N3O5. The van der Waals surface area contributed by atoms with Gasteiger partial charge in [0.15, 0.2) is 0 Å². The Bertz CT molecular complexity index is 1030. The molecule has 188 valence electrons. The number of benzene rings is 2. The first-order valence-electron chi connectivity index (χ1n) is 12.5. The molecule has 1 N–H and O–H groups in total. The Labute approximate surface area is 207 Å². The van der Waals surface area contributed by atoms with Gasteiger partial charge in [0, 0.05) is 45.3 Å². The highest BCUT2D eigenvalue weighted by molar-refractivity contribution is 5.97. The van der Waals surface area contributed by atoms with Gasteiger partial charge in [-0.25, -0.2) is 0 Å². The molecule has 8 heteroatoms. The monoisotopic (exact) mass is 481 g/mol. The van der Waals surface area contributed by atoms with Gasteiger partial charge in [0.05, 0.1) is 24.8 Å². The van der Waals surface area contributed by atoms with E-state index < -0.39 is 6.10 Å². The number of likely N-dealkylation sites (N-methyl/N-ethyl adjacent to an activating group) is 1. The van der Waals surface area contributed by atoms with Gasteiger partial charge < -0.3 is 29.1 Å². The third-order valence-electron chi connectivity index (χ3n) is 6.98. The summed E-state index contributed by atoms with van der Waals surface area (Å²) in [5.74, 6) is 1.07. The van der Waals surface area contributed by atoms with E-state index in [2.05, 4.69) is 41.1 Å². The smallest absolute Gasteiger partial charge is 0.257 e. The topological polar surface area (TPSA) is 74.7 Å². The largest absolute Gasteiger partial charge is 0.491 e. The molecule has 0 bridgehead atoms. The van der Waals surface area contributed by atoms with Crippen LogP contribution in [-0.2, 0) is 17.7 Å². The lowest BCUT2D eigenvalue weighted by atomic mass is 10.00. The zero-order valence-electron chi connectivity index (χ0n) is 20.4. The van der Waals surface area contributed by atoms with Gasteiger partial charge in [-0.1, -0.05) is 24.3 Å². The number of rotatable bonds is 7. The number of amides is 1. The third-order valence-corrected chi connectivity index (χ3v) is 6.98. The summed E-state index contributed by atoms with van der Waals surface area (Å²) in [5.41, 5.74) is 3.21. The molecule has 1 fully saturated rings. The minimum atomic E-state index is -0.623. The Morgan fingerprint density at radius 1 is 1.09 bits per heavy atom. The van der Waals surface area contributed by atoms with Gasteiger partial charge in [-0.15, -0.1) is 0 Å². The van der Waals surface area contributed by atoms with E-state index in [1.165, 1.54) is 11.1 Å². The fourth-order valence-corrected chi connectivity index (χ4v) is 5.08. The van der Waals surface area contributed by atoms with Crippen molar-refractivity contribution in [3.63, 3.8) is 0 Å². The van der Waals surface area contributed by atoms with E-state index in [4.69, 9.17) is 14.2 Å². The van der Waals surface area contributed by atoms with Crippen molar-refractivity contribution in [2.75, 3.05) is 66.1 Å². The highest BCUT2D eigenvalue weighted by atomic mass is 16.5. The minimum absolute atomic E-state index is 0.0282. The number of fused-ring (bicyclic) bond motifs is 2. The molecule has 2 atom stereocenters. The van der Waals surface area contributed by atoms with Crippen molar-refractivity contribution in [3.8, 4) is 11.5 Å². The predicted octanol–water partition coefficient (Wildman–Crippen LogP) is 1.65. The standard InChI is InChI=1S/C27H35N3O5/c1-28-10-12-33-24(18-28)19-35-23-6-7-25-26(14-23)34-13-11-30(27(25)32)17-22(31)16-29-9-8-20-4-2-3-5-21(20)15-29/h2-7,14,22,24,31H,8-13,15-19H2,1H3. The normalized spacial score (nSPS) is 22.1. The Morgan fingerprint density at radius 3 is 2.80 bits per heavy atom. The van der Waals surface area contributed by atoms with Crippen LogP contribution in [0.5, 0.6) is 11.5 Å². The van der Waals surface area contributed by atoms with Crippen LogP contribution in [0.1, 0.15) is 21.5 Å². The van der Waals surface area contributed by atoms with Crippen molar-refractivity contribution in [3.05, 3.63) is 59.2 Å². The maximum Gasteiger partial charge on any atom is 0.257 e. The van der Waals surface area contributed by atoms with Crippen LogP contribution in [0.25, 0.3) is 0 Å². The number of nitrogens with zero attached hydrogens (tertiary/aromatic N) is 3. The van der Waals surface area contributed by atoms with Crippen LogP contribution in [0.3, 0.4) is 0 Å². The molecule has 3 aliphatic rings. The van der Waals surface area contributed by atoms with Gasteiger partial charge in [-0.05, 0) is 36.7 Å². The summed E-state index contributed by atoms with van der Waals surface area (Å²) < 4.78 is 17.6. The van der Waals surface area contributed by atoms with Gasteiger partial charge in [0.25, 0.3) is 5.91 Å². The van der Waals surface area contributed by atoms with Crippen LogP contribution in [0.15, 0.2) is 42.5 Å². The molecule has 0 radical (unpaired) electrons. The number of hydrogen-bond acceptors (Lipinski definition) is 7. The Morgan fingerprint density at radius 2 is 1.94 bits per heavy atom. The number of ether oxygens (including phenoxy) is 3. The molecule has 35 heavy (non-hydrogen) atoms. The number of carbonyl (C=O) groups is 1. The van der Waals surface area contributed by atoms with Crippen molar-refractivity contribution < 1.29 is 24.1 Å². The average molecular weight is 482 g/mol. The summed E-state index contributed by atoms with van der Waals surface area (Å²) in [6, 6.07) is 13.8. The molecule has 0 aliphatic carbocycles. The van der Waals surface area contributed by atoms with E-state index in [1.54, 1.807) is 23.1 Å². The Kier molecular flexibility index (Phi) is 7.53. The molecule has 8 nitrogen and oxygen atoms in total. The molecule has 1 saturated heterocycles. The van der Waals surface area contributed by atoms with Crippen LogP contribution in [-0.4, -0.2) is 104 Å². The van der Waals surface area contributed by atoms with E-state index >= 15 is 0 Å². The second kappa shape index (κ2) is 11.0. The van der Waals surface area contributed by atoms with Crippen LogP contribution < -0.4 is 9.47 Å². The highest BCUT2D eigenvalue weighted by Gasteiger charge is 2.27. The average Bonchev–Trinajstić information content (AvgIpc) is 3.01. The van der Waals surface area contributed by atoms with Crippen molar-refractivity contribution >= 4 is 5.91 Å². The maximum atomic E-state index is 13.2. The molecule has 2 aromatic carbocycles. The van der Waals surface area contributed by atoms with Gasteiger partial charge in [0.2, 0.25) is 0 Å². The van der Waals surface area contributed by atoms with Gasteiger partial charge in [0.1, 0.15) is 30.8 Å². The van der Waals surface area contributed by atoms with Crippen LogP contribution in [0.2, 0.25) is 0 Å². The molecule has 0 saturated carbocycles. The number of aliphatic hydroxyl groups is 1. The molecule has 2 aromatic rings. The molecule has 0 spiro atoms. The fourth-order valence-electron chi connectivity index (χ4n) is 5.08. The van der Waals surface area contributed by atoms with E-state index in [9.17, 15) is 9.90 Å². The number of hydrogen-bond donors (Lipinski definition) is 1. The van der Waals surface area contributed by atoms with E-state index in [1.807, 2.05) is 0 Å². The van der Waals surface area contributed by atoms with Crippen LogP contribution in [0, 0.1) is 0 Å². The SMILES string of the molecule is CN1CCOC(COc2ccc3c(c2)OCCN(CC(O)CN2CCc4ccccc4C2)C3=O)C1. The first-order chi connectivity index (χ1) is 17.0. The second-order valence-corrected chi connectivity index (χ2v) is 9.73. The fraction of sp³-hybridized carbons (Fsp3) is 0.519. The van der Waals surface area contributed by atoms with Gasteiger partial charge >= 0.3 is 0 Å². The van der Waals surface area contributed by atoms with Crippen molar-refractivity contribution in [1.29, 1.82) is 0 Å². The van der Waals surface area contributed by atoms with E-state index in [0.29, 0.717) is 50.0 Å². The quantitative estimate of drug-likeness (QED) is 0.645. The van der Waals surface area contributed by atoms with Crippen LogP contribution >= 0.6 is 0 Å². The summed E-state index contributed by atoms with van der Waals surface area (Å²) in [7, 11) is 2.08. The molecular weight excluding hydrogens is 446 g/mol. The molecule has 2 unspecified atom stereocenters. The number of aliphatic hydroxyl groups excluding tert-OH is 1. The highest BCUT2D eigenvalue weighted by Crippen LogP contribution is 2.28. The third kappa shape index (κ3) is 5.95. The predicted molar refractivity (Wildman–Crippen MR) is 132 cm³/mol. The summed E-state index contributed by atoms with van der Waals surface area (Å²) in [6.45, 7) is 6.31. The molecule has 1 amide bonds. The van der Waals surface area contributed by atoms with E-state index in [0.717, 1.165) is 32.6 Å². The molecule has 5 rings (SSSR count). The minimum Gasteiger partial charge on any atom is -0.491 e. The summed E-state index contributed by atoms with van der Waals surface area (Å²) >= 11 is 0.